The minimum Gasteiger partial charge on any atom is -0.396 e. The number of nitrogens with zero attached hydrogens (tertiary/aromatic N) is 2. The van der Waals surface area contributed by atoms with E-state index in [4.69, 9.17) is 5.11 Å². The van der Waals surface area contributed by atoms with Crippen LogP contribution >= 0.6 is 0 Å². The van der Waals surface area contributed by atoms with Crippen LogP contribution in [0, 0.1) is 12.8 Å². The molecule has 0 bridgehead atoms. The number of anilines is 2. The third-order valence-electron chi connectivity index (χ3n) is 2.44. The quantitative estimate of drug-likeness (QED) is 0.678. The van der Waals surface area contributed by atoms with Crippen LogP contribution in [0.4, 0.5) is 11.8 Å². The summed E-state index contributed by atoms with van der Waals surface area (Å²) >= 11 is 0. The molecule has 16 heavy (non-hydrogen) atoms. The predicted molar refractivity (Wildman–Crippen MR) is 65.7 cm³/mol. The molecule has 0 fully saturated rings. The van der Waals surface area contributed by atoms with Crippen LogP contribution in [0.25, 0.3) is 0 Å². The smallest absolute Gasteiger partial charge is 0.224 e. The van der Waals surface area contributed by atoms with Gasteiger partial charge < -0.3 is 15.7 Å². The van der Waals surface area contributed by atoms with Gasteiger partial charge in [-0.25, -0.2) is 4.98 Å². The van der Waals surface area contributed by atoms with Crippen molar-refractivity contribution in [2.24, 2.45) is 5.92 Å². The fourth-order valence-electron chi connectivity index (χ4n) is 1.33. The number of hydrogen-bond donors (Lipinski definition) is 3. The van der Waals surface area contributed by atoms with Crippen LogP contribution in [-0.4, -0.2) is 35.3 Å². The molecular formula is C11H20N4O. The van der Waals surface area contributed by atoms with Crippen LogP contribution in [0.15, 0.2) is 6.20 Å². The number of aliphatic hydroxyl groups excluding tert-OH is 1. The van der Waals surface area contributed by atoms with E-state index in [-0.39, 0.29) is 6.61 Å². The third kappa shape index (κ3) is 3.66. The Kier molecular flexibility index (Phi) is 4.98. The fraction of sp³-hybridized carbons (Fsp3) is 0.636. The first kappa shape index (κ1) is 12.7. The summed E-state index contributed by atoms with van der Waals surface area (Å²) in [6.45, 7) is 5.10. The van der Waals surface area contributed by atoms with Gasteiger partial charge in [-0.1, -0.05) is 6.92 Å². The van der Waals surface area contributed by atoms with Gasteiger partial charge in [-0.15, -0.1) is 0 Å². The van der Waals surface area contributed by atoms with Crippen molar-refractivity contribution in [3.8, 4) is 0 Å². The van der Waals surface area contributed by atoms with Gasteiger partial charge in [-0.3, -0.25) is 0 Å². The summed E-state index contributed by atoms with van der Waals surface area (Å²) in [6, 6.07) is 0. The minimum atomic E-state index is 0.230. The van der Waals surface area contributed by atoms with E-state index in [1.807, 2.05) is 6.92 Å². The summed E-state index contributed by atoms with van der Waals surface area (Å²) in [7, 11) is 1.79. The van der Waals surface area contributed by atoms with Gasteiger partial charge in [0.25, 0.3) is 0 Å². The molecule has 3 N–H and O–H groups in total. The molecule has 0 aliphatic carbocycles. The maximum Gasteiger partial charge on any atom is 0.224 e. The molecule has 5 nitrogen and oxygen atoms in total. The van der Waals surface area contributed by atoms with Crippen molar-refractivity contribution in [1.82, 2.24) is 9.97 Å². The van der Waals surface area contributed by atoms with Crippen molar-refractivity contribution in [3.63, 3.8) is 0 Å². The molecule has 5 heteroatoms. The molecule has 0 saturated carbocycles. The second-order valence-corrected chi connectivity index (χ2v) is 3.97. The minimum absolute atomic E-state index is 0.230. The molecule has 0 radical (unpaired) electrons. The van der Waals surface area contributed by atoms with E-state index in [1.54, 1.807) is 13.2 Å². The normalized spacial score (nSPS) is 12.2. The highest BCUT2D eigenvalue weighted by Gasteiger charge is 2.05. The molecule has 0 amide bonds. The lowest BCUT2D eigenvalue weighted by Crippen LogP contribution is -2.14. The second kappa shape index (κ2) is 6.27. The number of hydrogen-bond acceptors (Lipinski definition) is 5. The van der Waals surface area contributed by atoms with Gasteiger partial charge in [-0.05, 0) is 19.3 Å². The molecule has 1 unspecified atom stereocenters. The highest BCUT2D eigenvalue weighted by Crippen LogP contribution is 2.13. The zero-order chi connectivity index (χ0) is 12.0. The Balaban J connectivity index is 2.58. The van der Waals surface area contributed by atoms with E-state index >= 15 is 0 Å². The van der Waals surface area contributed by atoms with Crippen LogP contribution in [0.1, 0.15) is 18.9 Å². The van der Waals surface area contributed by atoms with Gasteiger partial charge in [0.1, 0.15) is 5.82 Å². The van der Waals surface area contributed by atoms with Crippen molar-refractivity contribution < 1.29 is 5.11 Å². The SMILES string of the molecule is CNc1ncc(C)c(NCC(C)CCO)n1. The highest BCUT2D eigenvalue weighted by atomic mass is 16.3. The van der Waals surface area contributed by atoms with Crippen LogP contribution in [0.3, 0.4) is 0 Å². The number of rotatable bonds is 6. The number of nitrogens with one attached hydrogen (secondary N) is 2. The zero-order valence-electron chi connectivity index (χ0n) is 10.1. The van der Waals surface area contributed by atoms with E-state index in [0.717, 1.165) is 24.3 Å². The van der Waals surface area contributed by atoms with Gasteiger partial charge >= 0.3 is 0 Å². The Hall–Kier alpha value is -1.36. The lowest BCUT2D eigenvalue weighted by molar-refractivity contribution is 0.266. The zero-order valence-corrected chi connectivity index (χ0v) is 10.1. The largest absolute Gasteiger partial charge is 0.396 e. The summed E-state index contributed by atoms with van der Waals surface area (Å²) in [6.07, 6.45) is 2.59. The average Bonchev–Trinajstić information content (AvgIpc) is 2.28. The fourth-order valence-corrected chi connectivity index (χ4v) is 1.33. The first-order valence-corrected chi connectivity index (χ1v) is 5.53. The van der Waals surface area contributed by atoms with Gasteiger partial charge in [0, 0.05) is 32.0 Å². The lowest BCUT2D eigenvalue weighted by Gasteiger charge is -2.13. The molecule has 0 saturated heterocycles. The van der Waals surface area contributed by atoms with Gasteiger partial charge in [0.2, 0.25) is 5.95 Å². The molecule has 1 aromatic rings. The Labute approximate surface area is 96.3 Å². The standard InChI is InChI=1S/C11H20N4O/c1-8(4-5-16)6-13-10-9(2)7-14-11(12-3)15-10/h7-8,16H,4-6H2,1-3H3,(H2,12,13,14,15). The topological polar surface area (TPSA) is 70.1 Å². The van der Waals surface area contributed by atoms with Crippen molar-refractivity contribution in [3.05, 3.63) is 11.8 Å². The Morgan fingerprint density at radius 2 is 2.25 bits per heavy atom. The van der Waals surface area contributed by atoms with Crippen molar-refractivity contribution in [2.45, 2.75) is 20.3 Å². The second-order valence-electron chi connectivity index (χ2n) is 3.97. The molecule has 0 aliphatic rings. The van der Waals surface area contributed by atoms with E-state index < -0.39 is 0 Å². The molecule has 1 rings (SSSR count). The monoisotopic (exact) mass is 224 g/mol. The van der Waals surface area contributed by atoms with Crippen LogP contribution in [0.5, 0.6) is 0 Å². The molecule has 0 aromatic carbocycles. The van der Waals surface area contributed by atoms with Gasteiger partial charge in [0.05, 0.1) is 0 Å². The molecule has 90 valence electrons. The molecule has 1 heterocycles. The van der Waals surface area contributed by atoms with E-state index in [9.17, 15) is 0 Å². The predicted octanol–water partition coefficient (Wildman–Crippen LogP) is 1.26. The van der Waals surface area contributed by atoms with Crippen molar-refractivity contribution >= 4 is 11.8 Å². The van der Waals surface area contributed by atoms with Crippen LogP contribution in [-0.2, 0) is 0 Å². The van der Waals surface area contributed by atoms with Crippen molar-refractivity contribution in [2.75, 3.05) is 30.8 Å². The Bertz CT molecular complexity index is 330. The Morgan fingerprint density at radius 1 is 1.50 bits per heavy atom. The summed E-state index contributed by atoms with van der Waals surface area (Å²) < 4.78 is 0. The maximum atomic E-state index is 8.81. The molecule has 0 spiro atoms. The van der Waals surface area contributed by atoms with Crippen molar-refractivity contribution in [1.29, 1.82) is 0 Å². The molecular weight excluding hydrogens is 204 g/mol. The summed E-state index contributed by atoms with van der Waals surface area (Å²) in [4.78, 5) is 8.45. The molecule has 1 aromatic heterocycles. The summed E-state index contributed by atoms with van der Waals surface area (Å²) in [5.74, 6) is 1.89. The van der Waals surface area contributed by atoms with Gasteiger partial charge in [0.15, 0.2) is 0 Å². The van der Waals surface area contributed by atoms with Gasteiger partial charge in [-0.2, -0.15) is 4.98 Å². The number of aliphatic hydroxyl groups is 1. The van der Waals surface area contributed by atoms with E-state index in [0.29, 0.717) is 11.9 Å². The summed E-state index contributed by atoms with van der Waals surface area (Å²) in [5, 5.41) is 15.0. The van der Waals surface area contributed by atoms with E-state index in [1.165, 1.54) is 0 Å². The number of aryl methyl sites for hydroxylation is 1. The van der Waals surface area contributed by atoms with Crippen LogP contribution in [0.2, 0.25) is 0 Å². The molecule has 0 aliphatic heterocycles. The Morgan fingerprint density at radius 3 is 2.88 bits per heavy atom. The first-order valence-electron chi connectivity index (χ1n) is 5.53. The van der Waals surface area contributed by atoms with E-state index in [2.05, 4.69) is 27.5 Å². The lowest BCUT2D eigenvalue weighted by atomic mass is 10.1. The maximum absolute atomic E-state index is 8.81. The first-order chi connectivity index (χ1) is 7.67. The third-order valence-corrected chi connectivity index (χ3v) is 2.44. The number of aromatic nitrogens is 2. The van der Waals surface area contributed by atoms with Crippen LogP contribution < -0.4 is 10.6 Å². The molecule has 1 atom stereocenters. The highest BCUT2D eigenvalue weighted by molar-refractivity contribution is 5.46. The summed E-state index contributed by atoms with van der Waals surface area (Å²) in [5.41, 5.74) is 1.02. The average molecular weight is 224 g/mol.